The first-order chi connectivity index (χ1) is 14.1. The Hall–Kier alpha value is -2.67. The lowest BCUT2D eigenvalue weighted by Gasteiger charge is -2.22. The van der Waals surface area contributed by atoms with Gasteiger partial charge in [-0.1, -0.05) is 60.3 Å². The molecule has 1 amide bonds. The van der Waals surface area contributed by atoms with E-state index in [9.17, 15) is 9.18 Å². The Morgan fingerprint density at radius 1 is 1.14 bits per heavy atom. The summed E-state index contributed by atoms with van der Waals surface area (Å²) in [5, 5.41) is 9.15. The van der Waals surface area contributed by atoms with Crippen LogP contribution in [-0.4, -0.2) is 37.4 Å². The molecule has 1 fully saturated rings. The van der Waals surface area contributed by atoms with Crippen molar-refractivity contribution in [3.05, 3.63) is 77.4 Å². The van der Waals surface area contributed by atoms with Crippen molar-refractivity contribution in [1.82, 2.24) is 19.7 Å². The molecule has 150 valence electrons. The van der Waals surface area contributed by atoms with Gasteiger partial charge in [0.1, 0.15) is 11.6 Å². The van der Waals surface area contributed by atoms with Gasteiger partial charge in [0.05, 0.1) is 12.3 Å². The molecule has 0 atom stereocenters. The molecule has 29 heavy (non-hydrogen) atoms. The van der Waals surface area contributed by atoms with Crippen LogP contribution in [0.5, 0.6) is 0 Å². The van der Waals surface area contributed by atoms with Gasteiger partial charge in [-0.2, -0.15) is 0 Å². The molecule has 3 aromatic rings. The highest BCUT2D eigenvalue weighted by Gasteiger charge is 2.33. The second-order valence-electron chi connectivity index (χ2n) is 7.23. The van der Waals surface area contributed by atoms with Gasteiger partial charge in [-0.25, -0.2) is 4.39 Å². The number of nitrogens with zero attached hydrogens (tertiary/aromatic N) is 4. The normalized spacial score (nSPS) is 13.4. The van der Waals surface area contributed by atoms with E-state index in [1.54, 1.807) is 23.1 Å². The SMILES string of the molecule is Cc1nnc(SCC(=O)N(Cc2ccccc2F)C2CC2)n1Cc1ccccc1. The molecule has 2 aromatic carbocycles. The van der Waals surface area contributed by atoms with Crippen molar-refractivity contribution >= 4 is 17.7 Å². The van der Waals surface area contributed by atoms with Gasteiger partial charge in [-0.05, 0) is 31.4 Å². The standard InChI is InChI=1S/C22H23FN4OS/c1-16-24-25-22(26(16)13-17-7-3-2-4-8-17)29-15-21(28)27(19-11-12-19)14-18-9-5-6-10-20(18)23/h2-10,19H,11-15H2,1H3. The molecule has 0 aliphatic heterocycles. The van der Waals surface area contributed by atoms with Crippen molar-refractivity contribution in [3.8, 4) is 0 Å². The average Bonchev–Trinajstić information content (AvgIpc) is 3.52. The zero-order valence-electron chi connectivity index (χ0n) is 16.3. The molecule has 1 saturated carbocycles. The van der Waals surface area contributed by atoms with Gasteiger partial charge < -0.3 is 9.47 Å². The third kappa shape index (κ3) is 4.85. The Bertz CT molecular complexity index is 987. The number of amides is 1. The molecule has 1 heterocycles. The van der Waals surface area contributed by atoms with E-state index in [4.69, 9.17) is 0 Å². The monoisotopic (exact) mass is 410 g/mol. The van der Waals surface area contributed by atoms with Gasteiger partial charge in [0.25, 0.3) is 0 Å². The summed E-state index contributed by atoms with van der Waals surface area (Å²) in [6.07, 6.45) is 1.96. The molecule has 7 heteroatoms. The maximum atomic E-state index is 14.0. The van der Waals surface area contributed by atoms with E-state index in [1.807, 2.05) is 29.7 Å². The van der Waals surface area contributed by atoms with E-state index in [0.717, 1.165) is 29.4 Å². The van der Waals surface area contributed by atoms with Crippen LogP contribution < -0.4 is 0 Å². The number of thioether (sulfide) groups is 1. The molecule has 1 aliphatic rings. The van der Waals surface area contributed by atoms with Crippen LogP contribution in [0, 0.1) is 12.7 Å². The minimum atomic E-state index is -0.267. The number of aromatic nitrogens is 3. The second kappa shape index (κ2) is 8.78. The third-order valence-electron chi connectivity index (χ3n) is 5.02. The topological polar surface area (TPSA) is 51.0 Å². The first-order valence-corrected chi connectivity index (χ1v) is 10.7. The Kier molecular flexibility index (Phi) is 5.94. The fourth-order valence-corrected chi connectivity index (χ4v) is 4.11. The van der Waals surface area contributed by atoms with Crippen LogP contribution in [0.25, 0.3) is 0 Å². The molecule has 0 radical (unpaired) electrons. The fraction of sp³-hybridized carbons (Fsp3) is 0.318. The summed E-state index contributed by atoms with van der Waals surface area (Å²) in [5.41, 5.74) is 1.71. The molecule has 0 bridgehead atoms. The number of carbonyl (C=O) groups is 1. The van der Waals surface area contributed by atoms with Crippen LogP contribution >= 0.6 is 11.8 Å². The Morgan fingerprint density at radius 3 is 2.59 bits per heavy atom. The number of aryl methyl sites for hydroxylation is 1. The van der Waals surface area contributed by atoms with Gasteiger partial charge in [0.15, 0.2) is 5.16 Å². The maximum Gasteiger partial charge on any atom is 0.233 e. The van der Waals surface area contributed by atoms with Crippen molar-refractivity contribution in [3.63, 3.8) is 0 Å². The summed E-state index contributed by atoms with van der Waals surface area (Å²) in [6.45, 7) is 2.89. The van der Waals surface area contributed by atoms with Gasteiger partial charge >= 0.3 is 0 Å². The van der Waals surface area contributed by atoms with E-state index in [-0.39, 0.29) is 23.5 Å². The summed E-state index contributed by atoms with van der Waals surface area (Å²) in [6, 6.07) is 17.0. The molecule has 1 aliphatic carbocycles. The molecule has 0 spiro atoms. The van der Waals surface area contributed by atoms with Gasteiger partial charge in [-0.3, -0.25) is 4.79 Å². The van der Waals surface area contributed by atoms with E-state index >= 15 is 0 Å². The minimum Gasteiger partial charge on any atom is -0.335 e. The first kappa shape index (κ1) is 19.6. The van der Waals surface area contributed by atoms with Crippen LogP contribution in [-0.2, 0) is 17.9 Å². The molecule has 1 aromatic heterocycles. The first-order valence-electron chi connectivity index (χ1n) is 9.71. The largest absolute Gasteiger partial charge is 0.335 e. The van der Waals surface area contributed by atoms with Crippen LogP contribution in [0.2, 0.25) is 0 Å². The lowest BCUT2D eigenvalue weighted by molar-refractivity contribution is -0.129. The van der Waals surface area contributed by atoms with Crippen LogP contribution in [0.15, 0.2) is 59.8 Å². The number of hydrogen-bond donors (Lipinski definition) is 0. The zero-order chi connectivity index (χ0) is 20.2. The van der Waals surface area contributed by atoms with Crippen molar-refractivity contribution in [1.29, 1.82) is 0 Å². The predicted molar refractivity (Wildman–Crippen MR) is 111 cm³/mol. The molecule has 0 unspecified atom stereocenters. The van der Waals surface area contributed by atoms with Gasteiger partial charge in [0.2, 0.25) is 5.91 Å². The lowest BCUT2D eigenvalue weighted by Crippen LogP contribution is -2.34. The average molecular weight is 411 g/mol. The number of halogens is 1. The maximum absolute atomic E-state index is 14.0. The van der Waals surface area contributed by atoms with E-state index in [2.05, 4.69) is 22.3 Å². The fourth-order valence-electron chi connectivity index (χ4n) is 3.24. The summed E-state index contributed by atoms with van der Waals surface area (Å²) < 4.78 is 16.1. The third-order valence-corrected chi connectivity index (χ3v) is 5.97. The summed E-state index contributed by atoms with van der Waals surface area (Å²) in [7, 11) is 0. The zero-order valence-corrected chi connectivity index (χ0v) is 17.1. The number of hydrogen-bond acceptors (Lipinski definition) is 4. The van der Waals surface area contributed by atoms with Gasteiger partial charge in [-0.15, -0.1) is 10.2 Å². The van der Waals surface area contributed by atoms with E-state index in [1.165, 1.54) is 17.8 Å². The molecular formula is C22H23FN4OS. The van der Waals surface area contributed by atoms with Crippen LogP contribution in [0.4, 0.5) is 4.39 Å². The lowest BCUT2D eigenvalue weighted by atomic mass is 10.2. The number of benzene rings is 2. The minimum absolute atomic E-state index is 0.00710. The summed E-state index contributed by atoms with van der Waals surface area (Å²) >= 11 is 1.39. The Morgan fingerprint density at radius 2 is 1.86 bits per heavy atom. The molecule has 5 nitrogen and oxygen atoms in total. The highest BCUT2D eigenvalue weighted by Crippen LogP contribution is 2.30. The van der Waals surface area contributed by atoms with Crippen molar-refractivity contribution < 1.29 is 9.18 Å². The predicted octanol–water partition coefficient (Wildman–Crippen LogP) is 4.06. The van der Waals surface area contributed by atoms with Crippen molar-refractivity contribution in [2.24, 2.45) is 0 Å². The summed E-state index contributed by atoms with van der Waals surface area (Å²) in [4.78, 5) is 14.7. The molecule has 0 saturated heterocycles. The smallest absolute Gasteiger partial charge is 0.233 e. The number of rotatable bonds is 8. The van der Waals surface area contributed by atoms with E-state index in [0.29, 0.717) is 18.7 Å². The van der Waals surface area contributed by atoms with Crippen LogP contribution in [0.1, 0.15) is 29.8 Å². The molecular weight excluding hydrogens is 387 g/mol. The number of carbonyl (C=O) groups excluding carboxylic acids is 1. The van der Waals surface area contributed by atoms with Crippen molar-refractivity contribution in [2.45, 2.75) is 44.1 Å². The Balaban J connectivity index is 1.43. The summed E-state index contributed by atoms with van der Waals surface area (Å²) in [5.74, 6) is 0.816. The second-order valence-corrected chi connectivity index (χ2v) is 8.18. The quantitative estimate of drug-likeness (QED) is 0.526. The van der Waals surface area contributed by atoms with Crippen LogP contribution in [0.3, 0.4) is 0 Å². The van der Waals surface area contributed by atoms with E-state index < -0.39 is 0 Å². The molecule has 4 rings (SSSR count). The highest BCUT2D eigenvalue weighted by molar-refractivity contribution is 7.99. The highest BCUT2D eigenvalue weighted by atomic mass is 32.2. The molecule has 0 N–H and O–H groups in total. The van der Waals surface area contributed by atoms with Crippen molar-refractivity contribution in [2.75, 3.05) is 5.75 Å². The van der Waals surface area contributed by atoms with Gasteiger partial charge in [0, 0.05) is 18.2 Å². The Labute approximate surface area is 173 Å².